The van der Waals surface area contributed by atoms with E-state index in [1.54, 1.807) is 23.9 Å². The molecule has 0 saturated carbocycles. The zero-order chi connectivity index (χ0) is 27.9. The molecule has 0 bridgehead atoms. The molecule has 0 aliphatic carbocycles. The smallest absolute Gasteiger partial charge is 0.256 e. The van der Waals surface area contributed by atoms with Gasteiger partial charge in [0.25, 0.3) is 5.91 Å². The Balaban J connectivity index is 0.00000294. The molecule has 10 nitrogen and oxygen atoms in total. The molecule has 4 rings (SSSR count). The number of rotatable bonds is 12. The maximum absolute atomic E-state index is 13.4. The van der Waals surface area contributed by atoms with Crippen LogP contribution in [0.4, 0.5) is 5.69 Å². The Bertz CT molecular complexity index is 1280. The van der Waals surface area contributed by atoms with E-state index in [1.165, 1.54) is 11.1 Å². The zero-order valence-electron chi connectivity index (χ0n) is 24.3. The van der Waals surface area contributed by atoms with Gasteiger partial charge in [-0.15, -0.1) is 24.8 Å². The van der Waals surface area contributed by atoms with Crippen LogP contribution in [0.25, 0.3) is 11.4 Å². The number of aryl methyl sites for hydroxylation is 2. The van der Waals surface area contributed by atoms with Crippen molar-refractivity contribution in [2.75, 3.05) is 38.5 Å². The quantitative estimate of drug-likeness (QED) is 0.318. The predicted molar refractivity (Wildman–Crippen MR) is 165 cm³/mol. The number of carbonyl (C=O) groups excluding carboxylic acids is 2. The van der Waals surface area contributed by atoms with Gasteiger partial charge in [-0.25, -0.2) is 5.01 Å². The summed E-state index contributed by atoms with van der Waals surface area (Å²) < 4.78 is 5.12. The number of hydrogen-bond acceptors (Lipinski definition) is 8. The second-order valence-electron chi connectivity index (χ2n) is 10.1. The van der Waals surface area contributed by atoms with Gasteiger partial charge in [0, 0.05) is 57.4 Å². The van der Waals surface area contributed by atoms with Crippen LogP contribution in [-0.2, 0) is 29.1 Å². The molecular formula is C29H41Cl2N7O3. The molecule has 0 fully saturated rings. The van der Waals surface area contributed by atoms with Crippen LogP contribution in [0.3, 0.4) is 0 Å². The van der Waals surface area contributed by atoms with Crippen molar-refractivity contribution in [2.45, 2.75) is 53.2 Å². The lowest BCUT2D eigenvalue weighted by atomic mass is 10.1. The Morgan fingerprint density at radius 3 is 2.34 bits per heavy atom. The highest BCUT2D eigenvalue weighted by atomic mass is 35.5. The van der Waals surface area contributed by atoms with E-state index >= 15 is 0 Å². The second-order valence-corrected chi connectivity index (χ2v) is 10.1. The van der Waals surface area contributed by atoms with Crippen LogP contribution in [0.15, 0.2) is 47.0 Å². The van der Waals surface area contributed by atoms with Crippen molar-refractivity contribution < 1.29 is 14.1 Å². The van der Waals surface area contributed by atoms with Gasteiger partial charge in [-0.2, -0.15) is 4.98 Å². The Morgan fingerprint density at radius 2 is 1.76 bits per heavy atom. The first kappa shape index (κ1) is 34.0. The number of aromatic nitrogens is 2. The lowest BCUT2D eigenvalue weighted by molar-refractivity contribution is -0.151. The van der Waals surface area contributed by atoms with Gasteiger partial charge in [0.2, 0.25) is 17.6 Å². The van der Waals surface area contributed by atoms with E-state index in [-0.39, 0.29) is 55.8 Å². The fourth-order valence-corrected chi connectivity index (χ4v) is 4.62. The average Bonchev–Trinajstić information content (AvgIpc) is 3.56. The third-order valence-corrected chi connectivity index (χ3v) is 6.93. The summed E-state index contributed by atoms with van der Waals surface area (Å²) in [7, 11) is 1.78. The highest BCUT2D eigenvalue weighted by molar-refractivity contribution is 5.87. The van der Waals surface area contributed by atoms with Crippen LogP contribution in [0, 0.1) is 6.92 Å². The highest BCUT2D eigenvalue weighted by Gasteiger charge is 2.27. The number of hydrogen-bond donors (Lipinski definition) is 2. The van der Waals surface area contributed by atoms with Gasteiger partial charge >= 0.3 is 0 Å². The standard InChI is InChI=1S/C29H39N7O3.2ClH/c1-6-22-11-12-23(29-32-21(4)39-33-29)15-26(22)31-16-27(37)35(14-13-30-20(2)3)19-28(38)34(5)36-17-24-9-7-8-10-25(24)18-36;;/h7-12,15,20,30-31H,6,13-14,16-19H2,1-5H3;2*1H. The Labute approximate surface area is 254 Å². The number of halogens is 2. The molecule has 0 radical (unpaired) electrons. The third kappa shape index (κ3) is 8.90. The molecule has 0 spiro atoms. The predicted octanol–water partition coefficient (Wildman–Crippen LogP) is 4.08. The monoisotopic (exact) mass is 605 g/mol. The van der Waals surface area contributed by atoms with Crippen LogP contribution < -0.4 is 10.6 Å². The van der Waals surface area contributed by atoms with Crippen LogP contribution in [0.2, 0.25) is 0 Å². The number of nitrogens with one attached hydrogen (secondary N) is 2. The fourth-order valence-electron chi connectivity index (χ4n) is 4.62. The lowest BCUT2D eigenvalue weighted by Crippen LogP contribution is -2.49. The number of hydrazine groups is 1. The van der Waals surface area contributed by atoms with E-state index in [9.17, 15) is 9.59 Å². The molecule has 12 heteroatoms. The largest absolute Gasteiger partial charge is 0.376 e. The highest BCUT2D eigenvalue weighted by Crippen LogP contribution is 2.25. The summed E-state index contributed by atoms with van der Waals surface area (Å²) in [5.41, 5.74) is 5.16. The van der Waals surface area contributed by atoms with Gasteiger partial charge in [0.15, 0.2) is 0 Å². The van der Waals surface area contributed by atoms with E-state index in [0.717, 1.165) is 23.2 Å². The molecule has 1 aliphatic heterocycles. The molecule has 41 heavy (non-hydrogen) atoms. The van der Waals surface area contributed by atoms with E-state index in [0.29, 0.717) is 37.9 Å². The summed E-state index contributed by atoms with van der Waals surface area (Å²) in [5.74, 6) is 0.732. The minimum absolute atomic E-state index is 0. The zero-order valence-corrected chi connectivity index (χ0v) is 26.0. The van der Waals surface area contributed by atoms with Crippen molar-refractivity contribution in [3.8, 4) is 11.4 Å². The van der Waals surface area contributed by atoms with E-state index in [1.807, 2.05) is 35.3 Å². The molecule has 2 heterocycles. The molecular weight excluding hydrogens is 565 g/mol. The summed E-state index contributed by atoms with van der Waals surface area (Å²) in [4.78, 5) is 32.7. The number of benzene rings is 2. The van der Waals surface area contributed by atoms with Crippen molar-refractivity contribution in [2.24, 2.45) is 0 Å². The number of amides is 2. The molecule has 0 saturated heterocycles. The molecule has 1 aliphatic rings. The van der Waals surface area contributed by atoms with Crippen LogP contribution >= 0.6 is 24.8 Å². The van der Waals surface area contributed by atoms with E-state index in [4.69, 9.17) is 4.52 Å². The van der Waals surface area contributed by atoms with Crippen LogP contribution in [0.1, 0.15) is 43.4 Å². The molecule has 0 unspecified atom stereocenters. The third-order valence-electron chi connectivity index (χ3n) is 6.93. The Hall–Kier alpha value is -3.18. The minimum Gasteiger partial charge on any atom is -0.376 e. The molecule has 2 aromatic carbocycles. The van der Waals surface area contributed by atoms with Gasteiger partial charge in [0.1, 0.15) is 6.54 Å². The molecule has 3 aromatic rings. The second kappa shape index (κ2) is 15.7. The first-order valence-corrected chi connectivity index (χ1v) is 13.5. The van der Waals surface area contributed by atoms with E-state index < -0.39 is 0 Å². The Morgan fingerprint density at radius 1 is 1.07 bits per heavy atom. The summed E-state index contributed by atoms with van der Waals surface area (Å²) in [6.07, 6.45) is 0.797. The average molecular weight is 607 g/mol. The molecule has 2 amide bonds. The first-order chi connectivity index (χ1) is 18.7. The SMILES string of the molecule is CCc1ccc(-c2noc(C)n2)cc1NCC(=O)N(CCNC(C)C)CC(=O)N(C)N1Cc2ccccc2C1.Cl.Cl. The maximum Gasteiger partial charge on any atom is 0.256 e. The van der Waals surface area contributed by atoms with Crippen molar-refractivity contribution in [3.05, 3.63) is 65.0 Å². The molecule has 224 valence electrons. The summed E-state index contributed by atoms with van der Waals surface area (Å²) in [6.45, 7) is 10.4. The number of nitrogens with zero attached hydrogens (tertiary/aromatic N) is 5. The summed E-state index contributed by atoms with van der Waals surface area (Å²) in [5, 5.41) is 14.3. The fraction of sp³-hybridized carbons (Fsp3) is 0.448. The Kier molecular flexibility index (Phi) is 13.0. The maximum atomic E-state index is 13.4. The van der Waals surface area contributed by atoms with Crippen LogP contribution in [0.5, 0.6) is 0 Å². The summed E-state index contributed by atoms with van der Waals surface area (Å²) in [6, 6.07) is 14.4. The molecule has 2 N–H and O–H groups in total. The lowest BCUT2D eigenvalue weighted by Gasteiger charge is -2.31. The molecule has 1 aromatic heterocycles. The topological polar surface area (TPSA) is 107 Å². The summed E-state index contributed by atoms with van der Waals surface area (Å²) >= 11 is 0. The molecule has 0 atom stereocenters. The van der Waals surface area contributed by atoms with Gasteiger partial charge < -0.3 is 20.1 Å². The van der Waals surface area contributed by atoms with Gasteiger partial charge in [-0.1, -0.05) is 62.3 Å². The van der Waals surface area contributed by atoms with Gasteiger partial charge in [0.05, 0.1) is 6.54 Å². The van der Waals surface area contributed by atoms with Crippen molar-refractivity contribution in [1.29, 1.82) is 0 Å². The van der Waals surface area contributed by atoms with Crippen LogP contribution in [-0.4, -0.2) is 76.1 Å². The van der Waals surface area contributed by atoms with Crippen molar-refractivity contribution in [1.82, 2.24) is 30.4 Å². The normalized spacial score (nSPS) is 12.3. The van der Waals surface area contributed by atoms with Crippen molar-refractivity contribution >= 4 is 42.3 Å². The number of fused-ring (bicyclic) bond motifs is 1. The van der Waals surface area contributed by atoms with E-state index in [2.05, 4.69) is 53.7 Å². The number of anilines is 1. The van der Waals surface area contributed by atoms with Gasteiger partial charge in [-0.3, -0.25) is 14.6 Å². The number of carbonyl (C=O) groups is 2. The van der Waals surface area contributed by atoms with Crippen molar-refractivity contribution in [3.63, 3.8) is 0 Å². The van der Waals surface area contributed by atoms with Gasteiger partial charge in [-0.05, 0) is 29.2 Å². The first-order valence-electron chi connectivity index (χ1n) is 13.5. The minimum atomic E-state index is -0.144. The number of likely N-dealkylation sites (N-methyl/N-ethyl adjacent to an activating group) is 1.